The number of halogens is 1. The monoisotopic (exact) mass is 286 g/mol. The minimum atomic E-state index is -0.321. The molecule has 0 spiro atoms. The lowest BCUT2D eigenvalue weighted by Gasteiger charge is -2.22. The first kappa shape index (κ1) is 16.5. The molecular formula is C15H27ClN2O. The molecule has 0 bridgehead atoms. The van der Waals surface area contributed by atoms with Crippen LogP contribution in [0.2, 0.25) is 5.02 Å². The Labute approximate surface area is 122 Å². The zero-order valence-electron chi connectivity index (χ0n) is 12.6. The Hall–Kier alpha value is -0.540. The molecule has 1 aromatic rings. The Morgan fingerprint density at radius 2 is 1.79 bits per heavy atom. The molecule has 1 atom stereocenters. The van der Waals surface area contributed by atoms with E-state index < -0.39 is 0 Å². The molecule has 0 radical (unpaired) electrons. The van der Waals surface area contributed by atoms with Gasteiger partial charge in [-0.25, -0.2) is 0 Å². The molecule has 1 aromatic heterocycles. The minimum absolute atomic E-state index is 0.321. The molecule has 0 aliphatic rings. The molecule has 110 valence electrons. The molecule has 0 aromatic carbocycles. The van der Waals surface area contributed by atoms with Gasteiger partial charge in [0.1, 0.15) is 0 Å². The third-order valence-corrected chi connectivity index (χ3v) is 4.21. The summed E-state index contributed by atoms with van der Waals surface area (Å²) in [6, 6.07) is 0. The van der Waals surface area contributed by atoms with Crippen LogP contribution in [0.1, 0.15) is 57.8 Å². The normalized spacial score (nSPS) is 13.2. The summed E-state index contributed by atoms with van der Waals surface area (Å²) in [5, 5.41) is 15.6. The topological polar surface area (TPSA) is 38.1 Å². The van der Waals surface area contributed by atoms with Gasteiger partial charge in [-0.3, -0.25) is 4.68 Å². The zero-order valence-corrected chi connectivity index (χ0v) is 13.4. The Kier molecular flexibility index (Phi) is 6.87. The molecular weight excluding hydrogens is 260 g/mol. The van der Waals surface area contributed by atoms with Gasteiger partial charge in [-0.1, -0.05) is 38.3 Å². The number of nitrogens with zero attached hydrogens (tertiary/aromatic N) is 2. The average Bonchev–Trinajstić information content (AvgIpc) is 2.66. The predicted octanol–water partition coefficient (Wildman–Crippen LogP) is 3.98. The number of rotatable bonds is 8. The van der Waals surface area contributed by atoms with Crippen LogP contribution in [0, 0.1) is 12.8 Å². The van der Waals surface area contributed by atoms with E-state index in [1.165, 1.54) is 0 Å². The fourth-order valence-electron chi connectivity index (χ4n) is 2.70. The maximum Gasteiger partial charge on any atom is 0.0848 e. The van der Waals surface area contributed by atoms with Gasteiger partial charge in [0, 0.05) is 13.0 Å². The van der Waals surface area contributed by atoms with Crippen LogP contribution < -0.4 is 0 Å². The fraction of sp³-hybridized carbons (Fsp3) is 0.800. The van der Waals surface area contributed by atoms with Gasteiger partial charge < -0.3 is 5.11 Å². The van der Waals surface area contributed by atoms with Gasteiger partial charge >= 0.3 is 0 Å². The quantitative estimate of drug-likeness (QED) is 0.785. The molecule has 0 aliphatic carbocycles. The molecule has 1 rings (SSSR count). The molecule has 0 aliphatic heterocycles. The first-order valence-corrected chi connectivity index (χ1v) is 7.82. The Morgan fingerprint density at radius 3 is 2.26 bits per heavy atom. The lowest BCUT2D eigenvalue weighted by atomic mass is 9.90. The molecule has 0 saturated heterocycles. The van der Waals surface area contributed by atoms with Crippen LogP contribution >= 0.6 is 11.6 Å². The van der Waals surface area contributed by atoms with Crippen LogP contribution in [0.25, 0.3) is 0 Å². The highest BCUT2D eigenvalue weighted by Gasteiger charge is 2.22. The van der Waals surface area contributed by atoms with Gasteiger partial charge in [-0.15, -0.1) is 0 Å². The maximum atomic E-state index is 10.5. The van der Waals surface area contributed by atoms with Gasteiger partial charge in [-0.2, -0.15) is 5.10 Å². The standard InChI is InChI=1S/C15H27ClN2O/c1-5-8-12(9-6-2)14(19)10-13-15(16)11(4)17-18(13)7-3/h12,14,19H,5-10H2,1-4H3. The summed E-state index contributed by atoms with van der Waals surface area (Å²) in [6.45, 7) is 9.10. The summed E-state index contributed by atoms with van der Waals surface area (Å²) >= 11 is 6.30. The van der Waals surface area contributed by atoms with E-state index in [-0.39, 0.29) is 6.10 Å². The van der Waals surface area contributed by atoms with Gasteiger partial charge in [-0.05, 0) is 32.6 Å². The number of aryl methyl sites for hydroxylation is 2. The third-order valence-electron chi connectivity index (χ3n) is 3.72. The van der Waals surface area contributed by atoms with E-state index in [4.69, 9.17) is 11.6 Å². The first-order chi connectivity index (χ1) is 9.04. The Balaban J connectivity index is 2.82. The molecule has 1 heterocycles. The summed E-state index contributed by atoms with van der Waals surface area (Å²) in [5.74, 6) is 0.367. The fourth-order valence-corrected chi connectivity index (χ4v) is 2.91. The second-order valence-corrected chi connectivity index (χ2v) is 5.65. The molecule has 1 unspecified atom stereocenters. The van der Waals surface area contributed by atoms with Gasteiger partial charge in [0.25, 0.3) is 0 Å². The van der Waals surface area contributed by atoms with Crippen molar-refractivity contribution in [2.24, 2.45) is 5.92 Å². The maximum absolute atomic E-state index is 10.5. The summed E-state index contributed by atoms with van der Waals surface area (Å²) in [6.07, 6.45) is 4.66. The smallest absolute Gasteiger partial charge is 0.0848 e. The van der Waals surface area contributed by atoms with Gasteiger partial charge in [0.2, 0.25) is 0 Å². The highest BCUT2D eigenvalue weighted by atomic mass is 35.5. The number of hydrogen-bond acceptors (Lipinski definition) is 2. The SMILES string of the molecule is CCCC(CCC)C(O)Cc1c(Cl)c(C)nn1CC. The van der Waals surface area contributed by atoms with Crippen molar-refractivity contribution < 1.29 is 5.11 Å². The molecule has 1 N–H and O–H groups in total. The Morgan fingerprint density at radius 1 is 1.21 bits per heavy atom. The molecule has 0 fully saturated rings. The molecule has 3 nitrogen and oxygen atoms in total. The zero-order chi connectivity index (χ0) is 14.4. The van der Waals surface area contributed by atoms with E-state index in [1.54, 1.807) is 0 Å². The summed E-state index contributed by atoms with van der Waals surface area (Å²) < 4.78 is 1.91. The van der Waals surface area contributed by atoms with Crippen molar-refractivity contribution in [3.8, 4) is 0 Å². The van der Waals surface area contributed by atoms with Gasteiger partial charge in [0.05, 0.1) is 22.5 Å². The number of aliphatic hydroxyl groups is 1. The van der Waals surface area contributed by atoms with Crippen molar-refractivity contribution in [3.63, 3.8) is 0 Å². The molecule has 0 amide bonds. The number of aromatic nitrogens is 2. The van der Waals surface area contributed by atoms with Gasteiger partial charge in [0.15, 0.2) is 0 Å². The van der Waals surface area contributed by atoms with Crippen molar-refractivity contribution in [1.82, 2.24) is 9.78 Å². The van der Waals surface area contributed by atoms with Crippen LogP contribution in [0.3, 0.4) is 0 Å². The van der Waals surface area contributed by atoms with E-state index >= 15 is 0 Å². The summed E-state index contributed by atoms with van der Waals surface area (Å²) in [5.41, 5.74) is 1.83. The van der Waals surface area contributed by atoms with Crippen LogP contribution in [0.5, 0.6) is 0 Å². The molecule has 4 heteroatoms. The number of aliphatic hydroxyl groups excluding tert-OH is 1. The van der Waals surface area contributed by atoms with Crippen molar-refractivity contribution in [2.75, 3.05) is 0 Å². The van der Waals surface area contributed by atoms with E-state index in [9.17, 15) is 5.11 Å². The molecule has 0 saturated carbocycles. The average molecular weight is 287 g/mol. The highest BCUT2D eigenvalue weighted by Crippen LogP contribution is 2.26. The summed E-state index contributed by atoms with van der Waals surface area (Å²) in [4.78, 5) is 0. The second-order valence-electron chi connectivity index (χ2n) is 5.27. The van der Waals surface area contributed by atoms with Crippen molar-refractivity contribution in [3.05, 3.63) is 16.4 Å². The lowest BCUT2D eigenvalue weighted by molar-refractivity contribution is 0.0943. The van der Waals surface area contributed by atoms with E-state index in [2.05, 4.69) is 18.9 Å². The minimum Gasteiger partial charge on any atom is -0.392 e. The Bertz CT molecular complexity index is 384. The van der Waals surface area contributed by atoms with E-state index in [0.717, 1.165) is 43.6 Å². The van der Waals surface area contributed by atoms with Crippen molar-refractivity contribution >= 4 is 11.6 Å². The van der Waals surface area contributed by atoms with Crippen LogP contribution in [-0.2, 0) is 13.0 Å². The molecule has 19 heavy (non-hydrogen) atoms. The number of hydrogen-bond donors (Lipinski definition) is 1. The second kappa shape index (κ2) is 7.91. The van der Waals surface area contributed by atoms with Crippen LogP contribution in [0.4, 0.5) is 0 Å². The van der Waals surface area contributed by atoms with Crippen LogP contribution in [-0.4, -0.2) is 21.0 Å². The van der Waals surface area contributed by atoms with Crippen LogP contribution in [0.15, 0.2) is 0 Å². The largest absolute Gasteiger partial charge is 0.392 e. The summed E-state index contributed by atoms with van der Waals surface area (Å²) in [7, 11) is 0. The first-order valence-electron chi connectivity index (χ1n) is 7.44. The third kappa shape index (κ3) is 4.22. The highest BCUT2D eigenvalue weighted by molar-refractivity contribution is 6.31. The van der Waals surface area contributed by atoms with Crippen molar-refractivity contribution in [2.45, 2.75) is 72.4 Å². The van der Waals surface area contributed by atoms with E-state index in [1.807, 2.05) is 18.5 Å². The van der Waals surface area contributed by atoms with Crippen molar-refractivity contribution in [1.29, 1.82) is 0 Å². The lowest BCUT2D eigenvalue weighted by Crippen LogP contribution is -2.24. The predicted molar refractivity (Wildman–Crippen MR) is 80.7 cm³/mol. The van der Waals surface area contributed by atoms with E-state index in [0.29, 0.717) is 17.4 Å².